The molecule has 0 aromatic carbocycles. The summed E-state index contributed by atoms with van der Waals surface area (Å²) in [4.78, 5) is 0. The fourth-order valence-corrected chi connectivity index (χ4v) is 2.51. The Bertz CT molecular complexity index is 224. The van der Waals surface area contributed by atoms with Crippen molar-refractivity contribution in [2.75, 3.05) is 0 Å². The molecule has 1 rings (SSSR count). The highest BCUT2D eigenvalue weighted by atomic mass is 79.9. The van der Waals surface area contributed by atoms with Gasteiger partial charge < -0.3 is 5.73 Å². The Balaban J connectivity index is 3.05. The fraction of sp³-hybridized carbons (Fsp3) is 0.429. The highest BCUT2D eigenvalue weighted by Gasteiger charge is 2.17. The number of hydrogen-bond acceptors (Lipinski definition) is 2. The molecule has 1 heterocycles. The van der Waals surface area contributed by atoms with E-state index in [9.17, 15) is 0 Å². The standard InChI is InChI=1S/C7H10BrNS/c1-7(2,9)5-3-4-10-6(5)8/h3-4H,9H2,1-2H3. The predicted molar refractivity (Wildman–Crippen MR) is 49.2 cm³/mol. The molecule has 0 fully saturated rings. The van der Waals surface area contributed by atoms with E-state index < -0.39 is 0 Å². The van der Waals surface area contributed by atoms with Crippen LogP contribution in [0.15, 0.2) is 15.2 Å². The molecule has 2 N–H and O–H groups in total. The molecular weight excluding hydrogens is 210 g/mol. The Morgan fingerprint density at radius 3 is 2.40 bits per heavy atom. The van der Waals surface area contributed by atoms with Crippen LogP contribution in [0.25, 0.3) is 0 Å². The maximum Gasteiger partial charge on any atom is 0.0748 e. The molecule has 0 aliphatic rings. The Labute approximate surface area is 73.4 Å². The monoisotopic (exact) mass is 219 g/mol. The third kappa shape index (κ3) is 1.59. The lowest BCUT2D eigenvalue weighted by atomic mass is 10.00. The third-order valence-corrected chi connectivity index (χ3v) is 3.00. The minimum absolute atomic E-state index is 0.223. The molecule has 10 heavy (non-hydrogen) atoms. The Kier molecular flexibility index (Phi) is 2.18. The zero-order valence-electron chi connectivity index (χ0n) is 6.02. The maximum absolute atomic E-state index is 5.88. The van der Waals surface area contributed by atoms with Crippen LogP contribution in [0, 0.1) is 0 Å². The molecule has 3 heteroatoms. The van der Waals surface area contributed by atoms with Crippen molar-refractivity contribution < 1.29 is 0 Å². The normalized spacial score (nSPS) is 12.0. The summed E-state index contributed by atoms with van der Waals surface area (Å²) in [5, 5.41) is 2.04. The van der Waals surface area contributed by atoms with Gasteiger partial charge in [0.05, 0.1) is 3.79 Å². The second-order valence-electron chi connectivity index (χ2n) is 2.83. The number of halogens is 1. The van der Waals surface area contributed by atoms with Crippen LogP contribution in [0.3, 0.4) is 0 Å². The Hall–Kier alpha value is 0.140. The molecule has 0 saturated carbocycles. The topological polar surface area (TPSA) is 26.0 Å². The first-order chi connectivity index (χ1) is 4.52. The van der Waals surface area contributed by atoms with Gasteiger partial charge in [0, 0.05) is 5.54 Å². The van der Waals surface area contributed by atoms with Crippen molar-refractivity contribution >= 4 is 27.3 Å². The van der Waals surface area contributed by atoms with Crippen LogP contribution in [-0.2, 0) is 5.54 Å². The van der Waals surface area contributed by atoms with Gasteiger partial charge in [0.25, 0.3) is 0 Å². The van der Waals surface area contributed by atoms with E-state index in [-0.39, 0.29) is 5.54 Å². The van der Waals surface area contributed by atoms with Crippen LogP contribution >= 0.6 is 27.3 Å². The Morgan fingerprint density at radius 1 is 1.60 bits per heavy atom. The molecule has 0 bridgehead atoms. The van der Waals surface area contributed by atoms with Crippen molar-refractivity contribution in [3.8, 4) is 0 Å². The molecule has 0 aliphatic heterocycles. The molecule has 1 aromatic heterocycles. The summed E-state index contributed by atoms with van der Waals surface area (Å²) in [5.74, 6) is 0. The average molecular weight is 220 g/mol. The van der Waals surface area contributed by atoms with Crippen LogP contribution in [0.1, 0.15) is 19.4 Å². The van der Waals surface area contributed by atoms with Crippen molar-refractivity contribution in [1.82, 2.24) is 0 Å². The zero-order valence-corrected chi connectivity index (χ0v) is 8.42. The SMILES string of the molecule is CC(C)(N)c1ccsc1Br. The van der Waals surface area contributed by atoms with Gasteiger partial charge in [0.2, 0.25) is 0 Å². The van der Waals surface area contributed by atoms with Gasteiger partial charge in [0.1, 0.15) is 0 Å². The van der Waals surface area contributed by atoms with Gasteiger partial charge in [-0.3, -0.25) is 0 Å². The molecular formula is C7H10BrNS. The first kappa shape index (κ1) is 8.24. The van der Waals surface area contributed by atoms with Crippen molar-refractivity contribution in [1.29, 1.82) is 0 Å². The molecule has 0 aliphatic carbocycles. The number of rotatable bonds is 1. The van der Waals surface area contributed by atoms with Gasteiger partial charge >= 0.3 is 0 Å². The van der Waals surface area contributed by atoms with E-state index >= 15 is 0 Å². The molecule has 0 atom stereocenters. The quantitative estimate of drug-likeness (QED) is 0.773. The van der Waals surface area contributed by atoms with Crippen LogP contribution in [0.2, 0.25) is 0 Å². The molecule has 0 radical (unpaired) electrons. The van der Waals surface area contributed by atoms with Crippen LogP contribution in [0.5, 0.6) is 0 Å². The van der Waals surface area contributed by atoms with Crippen molar-refractivity contribution in [3.63, 3.8) is 0 Å². The van der Waals surface area contributed by atoms with Crippen molar-refractivity contribution in [3.05, 3.63) is 20.8 Å². The van der Waals surface area contributed by atoms with Gasteiger partial charge in [-0.1, -0.05) is 0 Å². The van der Waals surface area contributed by atoms with Crippen LogP contribution in [-0.4, -0.2) is 0 Å². The lowest BCUT2D eigenvalue weighted by Crippen LogP contribution is -2.28. The van der Waals surface area contributed by atoms with E-state index in [1.54, 1.807) is 11.3 Å². The molecule has 0 amide bonds. The molecule has 1 aromatic rings. The fourth-order valence-electron chi connectivity index (χ4n) is 0.759. The third-order valence-electron chi connectivity index (χ3n) is 1.31. The summed E-state index contributed by atoms with van der Waals surface area (Å²) < 4.78 is 1.14. The lowest BCUT2D eigenvalue weighted by molar-refractivity contribution is 0.554. The summed E-state index contributed by atoms with van der Waals surface area (Å²) >= 11 is 5.11. The van der Waals surface area contributed by atoms with Gasteiger partial charge in [-0.25, -0.2) is 0 Å². The number of nitrogens with two attached hydrogens (primary N) is 1. The van der Waals surface area contributed by atoms with E-state index in [1.165, 1.54) is 5.56 Å². The summed E-state index contributed by atoms with van der Waals surface area (Å²) in [6, 6.07) is 2.05. The van der Waals surface area contributed by atoms with E-state index in [0.717, 1.165) is 3.79 Å². The molecule has 1 nitrogen and oxygen atoms in total. The van der Waals surface area contributed by atoms with E-state index in [4.69, 9.17) is 5.73 Å². The Morgan fingerprint density at radius 2 is 2.20 bits per heavy atom. The molecule has 56 valence electrons. The van der Waals surface area contributed by atoms with Crippen LogP contribution < -0.4 is 5.73 Å². The maximum atomic E-state index is 5.88. The molecule has 0 unspecified atom stereocenters. The summed E-state index contributed by atoms with van der Waals surface area (Å²) in [7, 11) is 0. The van der Waals surface area contributed by atoms with Gasteiger partial charge in [-0.15, -0.1) is 11.3 Å². The zero-order chi connectivity index (χ0) is 7.78. The predicted octanol–water partition coefficient (Wildman–Crippen LogP) is 2.70. The highest BCUT2D eigenvalue weighted by Crippen LogP contribution is 2.30. The average Bonchev–Trinajstić information content (AvgIpc) is 2.11. The smallest absolute Gasteiger partial charge is 0.0748 e. The first-order valence-electron chi connectivity index (χ1n) is 3.04. The second kappa shape index (κ2) is 2.64. The van der Waals surface area contributed by atoms with Crippen LogP contribution in [0.4, 0.5) is 0 Å². The first-order valence-corrected chi connectivity index (χ1v) is 4.71. The second-order valence-corrected chi connectivity index (χ2v) is 5.06. The van der Waals surface area contributed by atoms with E-state index in [1.807, 2.05) is 19.2 Å². The van der Waals surface area contributed by atoms with E-state index in [2.05, 4.69) is 22.0 Å². The van der Waals surface area contributed by atoms with Gasteiger partial charge in [0.15, 0.2) is 0 Å². The minimum atomic E-state index is -0.223. The number of hydrogen-bond donors (Lipinski definition) is 1. The minimum Gasteiger partial charge on any atom is -0.322 e. The summed E-state index contributed by atoms with van der Waals surface area (Å²) in [5.41, 5.74) is 6.83. The van der Waals surface area contributed by atoms with Gasteiger partial charge in [-0.05, 0) is 46.8 Å². The summed E-state index contributed by atoms with van der Waals surface area (Å²) in [6.07, 6.45) is 0. The highest BCUT2D eigenvalue weighted by molar-refractivity contribution is 9.11. The summed E-state index contributed by atoms with van der Waals surface area (Å²) in [6.45, 7) is 4.00. The number of thiophene rings is 1. The van der Waals surface area contributed by atoms with Crippen molar-refractivity contribution in [2.45, 2.75) is 19.4 Å². The molecule has 0 spiro atoms. The van der Waals surface area contributed by atoms with E-state index in [0.29, 0.717) is 0 Å². The molecule has 0 saturated heterocycles. The largest absolute Gasteiger partial charge is 0.322 e. The van der Waals surface area contributed by atoms with Gasteiger partial charge in [-0.2, -0.15) is 0 Å². The van der Waals surface area contributed by atoms with Crippen molar-refractivity contribution in [2.24, 2.45) is 5.73 Å². The lowest BCUT2D eigenvalue weighted by Gasteiger charge is -2.17.